The first kappa shape index (κ1) is 23.7. The maximum absolute atomic E-state index is 13.2. The monoisotopic (exact) mass is 497 g/mol. The zero-order valence-corrected chi connectivity index (χ0v) is 20.5. The summed E-state index contributed by atoms with van der Waals surface area (Å²) in [5.74, 6) is 1.67. The van der Waals surface area contributed by atoms with Crippen LogP contribution in [0.2, 0.25) is 0 Å². The lowest BCUT2D eigenvalue weighted by Gasteiger charge is -2.13. The van der Waals surface area contributed by atoms with E-state index in [2.05, 4.69) is 10.3 Å². The Balaban J connectivity index is 1.57. The zero-order valence-electron chi connectivity index (χ0n) is 18.9. The van der Waals surface area contributed by atoms with Crippen molar-refractivity contribution in [3.05, 3.63) is 69.8 Å². The summed E-state index contributed by atoms with van der Waals surface area (Å²) >= 11 is 2.56. The Morgan fingerprint density at radius 1 is 1.03 bits per heavy atom. The first-order valence-corrected chi connectivity index (χ1v) is 12.1. The Hall–Kier alpha value is -3.50. The normalized spacial score (nSPS) is 10.8. The van der Waals surface area contributed by atoms with Gasteiger partial charge in [-0.25, -0.2) is 4.98 Å². The molecule has 0 saturated carbocycles. The van der Waals surface area contributed by atoms with Crippen LogP contribution in [0.15, 0.2) is 63.9 Å². The van der Waals surface area contributed by atoms with Gasteiger partial charge in [0.15, 0.2) is 5.16 Å². The van der Waals surface area contributed by atoms with Crippen LogP contribution in [0, 0.1) is 0 Å². The van der Waals surface area contributed by atoms with Gasteiger partial charge in [0.05, 0.1) is 39.1 Å². The second-order valence-electron chi connectivity index (χ2n) is 7.21. The van der Waals surface area contributed by atoms with E-state index in [4.69, 9.17) is 14.2 Å². The fourth-order valence-corrected chi connectivity index (χ4v) is 4.91. The molecule has 2 heterocycles. The van der Waals surface area contributed by atoms with E-state index in [1.807, 2.05) is 35.7 Å². The molecule has 0 aliphatic heterocycles. The van der Waals surface area contributed by atoms with Gasteiger partial charge in [-0.1, -0.05) is 23.9 Å². The number of amides is 1. The van der Waals surface area contributed by atoms with Crippen LogP contribution in [0.5, 0.6) is 17.2 Å². The van der Waals surface area contributed by atoms with Gasteiger partial charge in [0.2, 0.25) is 5.91 Å². The van der Waals surface area contributed by atoms with Gasteiger partial charge in [0, 0.05) is 23.9 Å². The molecule has 10 heteroatoms. The second-order valence-corrected chi connectivity index (χ2v) is 9.07. The Bertz CT molecular complexity index is 1360. The molecule has 1 amide bonds. The van der Waals surface area contributed by atoms with Gasteiger partial charge in [-0.2, -0.15) is 0 Å². The molecular formula is C24H23N3O5S2. The fourth-order valence-electron chi connectivity index (χ4n) is 3.33. The molecule has 2 aromatic carbocycles. The standard InChI is InChI=1S/C24H23N3O5S2/c1-30-17-6-4-5-15(9-17)13-27-23(29)22-20(7-8-33-22)26-24(27)34-14-21(28)25-16-10-18(31-2)12-19(11-16)32-3/h4-12H,13-14H2,1-3H3,(H,25,28). The van der Waals surface area contributed by atoms with Crippen molar-refractivity contribution in [1.82, 2.24) is 9.55 Å². The van der Waals surface area contributed by atoms with Crippen LogP contribution in [0.3, 0.4) is 0 Å². The minimum Gasteiger partial charge on any atom is -0.497 e. The van der Waals surface area contributed by atoms with Crippen LogP contribution in [0.4, 0.5) is 5.69 Å². The highest BCUT2D eigenvalue weighted by atomic mass is 32.2. The molecule has 2 aromatic heterocycles. The van der Waals surface area contributed by atoms with Crippen molar-refractivity contribution < 1.29 is 19.0 Å². The molecule has 4 aromatic rings. The van der Waals surface area contributed by atoms with Gasteiger partial charge in [0.1, 0.15) is 21.9 Å². The number of hydrogen-bond donors (Lipinski definition) is 1. The summed E-state index contributed by atoms with van der Waals surface area (Å²) in [7, 11) is 4.69. The van der Waals surface area contributed by atoms with E-state index in [-0.39, 0.29) is 17.2 Å². The molecule has 0 bridgehead atoms. The Kier molecular flexibility index (Phi) is 7.39. The third-order valence-corrected chi connectivity index (χ3v) is 6.84. The number of carbonyl (C=O) groups is 1. The first-order chi connectivity index (χ1) is 16.5. The van der Waals surface area contributed by atoms with E-state index >= 15 is 0 Å². The largest absolute Gasteiger partial charge is 0.497 e. The number of benzene rings is 2. The van der Waals surface area contributed by atoms with E-state index in [0.717, 1.165) is 5.56 Å². The van der Waals surface area contributed by atoms with Crippen molar-refractivity contribution in [2.45, 2.75) is 11.7 Å². The van der Waals surface area contributed by atoms with Gasteiger partial charge in [-0.15, -0.1) is 11.3 Å². The van der Waals surface area contributed by atoms with Crippen LogP contribution >= 0.6 is 23.1 Å². The third-order valence-electron chi connectivity index (χ3n) is 4.97. The van der Waals surface area contributed by atoms with Crippen LogP contribution in [0.25, 0.3) is 10.2 Å². The lowest BCUT2D eigenvalue weighted by atomic mass is 10.2. The third kappa shape index (κ3) is 5.35. The number of carbonyl (C=O) groups excluding carboxylic acids is 1. The van der Waals surface area contributed by atoms with E-state index in [1.165, 1.54) is 23.1 Å². The average Bonchev–Trinajstić information content (AvgIpc) is 3.33. The second kappa shape index (κ2) is 10.6. The minimum atomic E-state index is -0.243. The molecular weight excluding hydrogens is 474 g/mol. The Labute approximate surface area is 204 Å². The van der Waals surface area contributed by atoms with Crippen molar-refractivity contribution in [2.24, 2.45) is 0 Å². The number of ether oxygens (including phenoxy) is 3. The molecule has 34 heavy (non-hydrogen) atoms. The number of nitrogens with zero attached hydrogens (tertiary/aromatic N) is 2. The van der Waals surface area contributed by atoms with Crippen LogP contribution < -0.4 is 25.1 Å². The number of anilines is 1. The van der Waals surface area contributed by atoms with Gasteiger partial charge < -0.3 is 19.5 Å². The Morgan fingerprint density at radius 3 is 2.47 bits per heavy atom. The quantitative estimate of drug-likeness (QED) is 0.273. The summed E-state index contributed by atoms with van der Waals surface area (Å²) in [6, 6.07) is 14.5. The highest BCUT2D eigenvalue weighted by Crippen LogP contribution is 2.27. The lowest BCUT2D eigenvalue weighted by molar-refractivity contribution is -0.113. The number of methoxy groups -OCH3 is 3. The minimum absolute atomic E-state index is 0.0692. The predicted molar refractivity (Wildman–Crippen MR) is 135 cm³/mol. The van der Waals surface area contributed by atoms with Gasteiger partial charge >= 0.3 is 0 Å². The highest BCUT2D eigenvalue weighted by Gasteiger charge is 2.15. The summed E-state index contributed by atoms with van der Waals surface area (Å²) < 4.78 is 18.0. The number of rotatable bonds is 9. The van der Waals surface area contributed by atoms with Crippen LogP contribution in [-0.4, -0.2) is 42.5 Å². The predicted octanol–water partition coefficient (Wildman–Crippen LogP) is 4.26. The average molecular weight is 498 g/mol. The molecule has 8 nitrogen and oxygen atoms in total. The zero-order chi connectivity index (χ0) is 24.1. The van der Waals surface area contributed by atoms with Crippen LogP contribution in [0.1, 0.15) is 5.56 Å². The molecule has 0 fully saturated rings. The molecule has 0 aliphatic carbocycles. The summed E-state index contributed by atoms with van der Waals surface area (Å²) in [5.41, 5.74) is 1.94. The van der Waals surface area contributed by atoms with E-state index in [1.54, 1.807) is 44.1 Å². The van der Waals surface area contributed by atoms with Crippen molar-refractivity contribution in [1.29, 1.82) is 0 Å². The number of fused-ring (bicyclic) bond motifs is 1. The van der Waals surface area contributed by atoms with E-state index < -0.39 is 0 Å². The summed E-state index contributed by atoms with van der Waals surface area (Å²) in [6.07, 6.45) is 0. The number of hydrogen-bond acceptors (Lipinski definition) is 8. The van der Waals surface area contributed by atoms with Gasteiger partial charge in [0.25, 0.3) is 5.56 Å². The number of thiophene rings is 1. The molecule has 0 radical (unpaired) electrons. The molecule has 176 valence electrons. The van der Waals surface area contributed by atoms with Crippen molar-refractivity contribution in [2.75, 3.05) is 32.4 Å². The highest BCUT2D eigenvalue weighted by molar-refractivity contribution is 7.99. The van der Waals surface area contributed by atoms with E-state index in [0.29, 0.717) is 44.9 Å². The molecule has 0 saturated heterocycles. The SMILES string of the molecule is COc1cccc(Cn2c(SCC(=O)Nc3cc(OC)cc(OC)c3)nc3ccsc3c2=O)c1. The fraction of sp³-hybridized carbons (Fsp3) is 0.208. The van der Waals surface area contributed by atoms with Gasteiger partial charge in [-0.05, 0) is 29.1 Å². The molecule has 0 aliphatic rings. The molecule has 1 N–H and O–H groups in total. The first-order valence-electron chi connectivity index (χ1n) is 10.3. The summed E-state index contributed by atoms with van der Waals surface area (Å²) in [6.45, 7) is 0.313. The van der Waals surface area contributed by atoms with E-state index in [9.17, 15) is 9.59 Å². The number of aromatic nitrogens is 2. The number of nitrogens with one attached hydrogen (secondary N) is 1. The van der Waals surface area contributed by atoms with Crippen molar-refractivity contribution in [3.8, 4) is 17.2 Å². The van der Waals surface area contributed by atoms with Crippen molar-refractivity contribution >= 4 is 44.9 Å². The number of thioether (sulfide) groups is 1. The molecule has 0 unspecified atom stereocenters. The summed E-state index contributed by atoms with van der Waals surface area (Å²) in [4.78, 5) is 30.6. The summed E-state index contributed by atoms with van der Waals surface area (Å²) in [5, 5.41) is 5.15. The smallest absolute Gasteiger partial charge is 0.272 e. The van der Waals surface area contributed by atoms with Crippen LogP contribution in [-0.2, 0) is 11.3 Å². The molecule has 0 atom stereocenters. The topological polar surface area (TPSA) is 91.7 Å². The molecule has 4 rings (SSSR count). The maximum atomic E-state index is 13.2. The molecule has 0 spiro atoms. The lowest BCUT2D eigenvalue weighted by Crippen LogP contribution is -2.24. The van der Waals surface area contributed by atoms with Gasteiger partial charge in [-0.3, -0.25) is 14.2 Å². The maximum Gasteiger partial charge on any atom is 0.272 e. The van der Waals surface area contributed by atoms with Crippen molar-refractivity contribution in [3.63, 3.8) is 0 Å². The Morgan fingerprint density at radius 2 is 1.76 bits per heavy atom.